The number of aliphatic carboxylic acids is 1. The molecule has 0 bridgehead atoms. The summed E-state index contributed by atoms with van der Waals surface area (Å²) in [5, 5.41) is 8.74. The molecular formula is C15H17NO4. The molecule has 0 radical (unpaired) electrons. The van der Waals surface area contributed by atoms with Crippen LogP contribution in [0.2, 0.25) is 0 Å². The zero-order chi connectivity index (χ0) is 14.9. The first-order valence-corrected chi connectivity index (χ1v) is 6.55. The largest absolute Gasteiger partial charge is 0.481 e. The highest BCUT2D eigenvalue weighted by Gasteiger charge is 2.23. The first-order valence-electron chi connectivity index (χ1n) is 6.55. The number of hydrogen-bond donors (Lipinski definition) is 1. The summed E-state index contributed by atoms with van der Waals surface area (Å²) in [7, 11) is 1.72. The van der Waals surface area contributed by atoms with E-state index in [4.69, 9.17) is 5.11 Å². The minimum absolute atomic E-state index is 0.0656. The highest BCUT2D eigenvalue weighted by Crippen LogP contribution is 2.28. The summed E-state index contributed by atoms with van der Waals surface area (Å²) in [6.07, 6.45) is 0.882. The minimum atomic E-state index is -0.978. The number of benzene rings is 1. The Kier molecular flexibility index (Phi) is 3.88. The number of Topliss-reactive ketones (excluding diaryl/α,β-unsaturated/α-hetero) is 1. The molecule has 106 valence electrons. The van der Waals surface area contributed by atoms with E-state index in [0.717, 1.165) is 11.3 Å². The number of nitrogens with zero attached hydrogens (tertiary/aromatic N) is 1. The van der Waals surface area contributed by atoms with E-state index in [2.05, 4.69) is 0 Å². The van der Waals surface area contributed by atoms with Crippen molar-refractivity contribution in [3.8, 4) is 0 Å². The molecule has 1 aromatic rings. The van der Waals surface area contributed by atoms with Gasteiger partial charge in [-0.25, -0.2) is 0 Å². The Hall–Kier alpha value is -2.17. The quantitative estimate of drug-likeness (QED) is 0.851. The molecular weight excluding hydrogens is 258 g/mol. The molecule has 1 N–H and O–H groups in total. The van der Waals surface area contributed by atoms with Crippen molar-refractivity contribution in [3.63, 3.8) is 0 Å². The molecule has 0 aliphatic carbocycles. The predicted molar refractivity (Wildman–Crippen MR) is 73.9 cm³/mol. The van der Waals surface area contributed by atoms with Crippen molar-refractivity contribution < 1.29 is 19.5 Å². The topological polar surface area (TPSA) is 74.7 Å². The maximum absolute atomic E-state index is 12.2. The van der Waals surface area contributed by atoms with Crippen molar-refractivity contribution >= 4 is 23.3 Å². The summed E-state index contributed by atoms with van der Waals surface area (Å²) in [5.41, 5.74) is 2.30. The smallest absolute Gasteiger partial charge is 0.304 e. The Morgan fingerprint density at radius 3 is 2.70 bits per heavy atom. The van der Waals surface area contributed by atoms with Crippen LogP contribution in [0, 0.1) is 5.92 Å². The number of rotatable bonds is 4. The van der Waals surface area contributed by atoms with E-state index in [1.165, 1.54) is 0 Å². The molecule has 0 fully saturated rings. The van der Waals surface area contributed by atoms with Crippen LogP contribution < -0.4 is 4.90 Å². The summed E-state index contributed by atoms with van der Waals surface area (Å²) in [4.78, 5) is 36.0. The Labute approximate surface area is 117 Å². The van der Waals surface area contributed by atoms with Crippen LogP contribution in [0.1, 0.15) is 35.7 Å². The Balaban J connectivity index is 2.25. The van der Waals surface area contributed by atoms with Gasteiger partial charge < -0.3 is 10.0 Å². The number of carbonyl (C=O) groups excluding carboxylic acids is 2. The molecule has 1 unspecified atom stereocenters. The lowest BCUT2D eigenvalue weighted by molar-refractivity contribution is -0.137. The number of hydrogen-bond acceptors (Lipinski definition) is 3. The van der Waals surface area contributed by atoms with Gasteiger partial charge in [-0.3, -0.25) is 14.4 Å². The monoisotopic (exact) mass is 275 g/mol. The highest BCUT2D eigenvalue weighted by atomic mass is 16.4. The van der Waals surface area contributed by atoms with E-state index < -0.39 is 11.9 Å². The van der Waals surface area contributed by atoms with Crippen LogP contribution >= 0.6 is 0 Å². The van der Waals surface area contributed by atoms with Crippen LogP contribution in [0.5, 0.6) is 0 Å². The molecule has 0 aromatic heterocycles. The van der Waals surface area contributed by atoms with Gasteiger partial charge in [0.05, 0.1) is 6.42 Å². The van der Waals surface area contributed by atoms with Gasteiger partial charge in [-0.2, -0.15) is 0 Å². The van der Waals surface area contributed by atoms with Crippen molar-refractivity contribution in [1.29, 1.82) is 0 Å². The average Bonchev–Trinajstić information content (AvgIpc) is 2.41. The maximum Gasteiger partial charge on any atom is 0.304 e. The van der Waals surface area contributed by atoms with Gasteiger partial charge in [0.15, 0.2) is 5.78 Å². The van der Waals surface area contributed by atoms with Crippen LogP contribution in [-0.4, -0.2) is 29.8 Å². The molecule has 5 heteroatoms. The van der Waals surface area contributed by atoms with Crippen molar-refractivity contribution in [3.05, 3.63) is 29.3 Å². The van der Waals surface area contributed by atoms with E-state index in [1.54, 1.807) is 37.1 Å². The summed E-state index contributed by atoms with van der Waals surface area (Å²) >= 11 is 0. The second-order valence-electron chi connectivity index (χ2n) is 5.16. The second-order valence-corrected chi connectivity index (χ2v) is 5.16. The number of anilines is 1. The molecule has 1 aliphatic rings. The lowest BCUT2D eigenvalue weighted by Gasteiger charge is -2.26. The van der Waals surface area contributed by atoms with Crippen LogP contribution in [0.15, 0.2) is 18.2 Å². The van der Waals surface area contributed by atoms with Gasteiger partial charge >= 0.3 is 5.97 Å². The van der Waals surface area contributed by atoms with Crippen molar-refractivity contribution in [2.45, 2.75) is 26.2 Å². The number of ketones is 1. The first kappa shape index (κ1) is 14.2. The molecule has 1 aliphatic heterocycles. The Morgan fingerprint density at radius 1 is 1.35 bits per heavy atom. The average molecular weight is 275 g/mol. The van der Waals surface area contributed by atoms with Crippen molar-refractivity contribution in [2.75, 3.05) is 11.9 Å². The third-order valence-electron chi connectivity index (χ3n) is 3.64. The Morgan fingerprint density at radius 2 is 2.05 bits per heavy atom. The zero-order valence-corrected chi connectivity index (χ0v) is 11.5. The summed E-state index contributed by atoms with van der Waals surface area (Å²) in [6, 6.07) is 5.20. The molecule has 2 rings (SSSR count). The molecule has 5 nitrogen and oxygen atoms in total. The standard InChI is InChI=1S/C15H17NO4/c1-9(7-14(18)19)15(20)11-3-5-12-10(8-11)4-6-13(17)16(12)2/h3,5,8-9H,4,6-7H2,1-2H3,(H,18,19). The Bertz CT molecular complexity index is 579. The molecule has 1 aromatic carbocycles. The van der Waals surface area contributed by atoms with Crippen LogP contribution in [0.4, 0.5) is 5.69 Å². The van der Waals surface area contributed by atoms with Crippen LogP contribution in [-0.2, 0) is 16.0 Å². The van der Waals surface area contributed by atoms with Gasteiger partial charge in [-0.05, 0) is 30.2 Å². The van der Waals surface area contributed by atoms with E-state index in [9.17, 15) is 14.4 Å². The van der Waals surface area contributed by atoms with Gasteiger partial charge in [0.1, 0.15) is 0 Å². The van der Waals surface area contributed by atoms with Gasteiger partial charge in [-0.15, -0.1) is 0 Å². The van der Waals surface area contributed by atoms with Gasteiger partial charge in [-0.1, -0.05) is 6.92 Å². The lowest BCUT2D eigenvalue weighted by atomic mass is 9.92. The fourth-order valence-corrected chi connectivity index (χ4v) is 2.45. The third-order valence-corrected chi connectivity index (χ3v) is 3.64. The predicted octanol–water partition coefficient (Wildman–Crippen LogP) is 1.89. The molecule has 1 atom stereocenters. The first-order chi connectivity index (χ1) is 9.40. The van der Waals surface area contributed by atoms with Crippen LogP contribution in [0.25, 0.3) is 0 Å². The van der Waals surface area contributed by atoms with E-state index in [-0.39, 0.29) is 18.1 Å². The summed E-state index contributed by atoms with van der Waals surface area (Å²) in [6.45, 7) is 1.62. The molecule has 1 amide bonds. The number of carboxylic acids is 1. The van der Waals surface area contributed by atoms with Gasteiger partial charge in [0, 0.05) is 30.6 Å². The summed E-state index contributed by atoms with van der Waals surface area (Å²) < 4.78 is 0. The SMILES string of the molecule is CC(CC(=O)O)C(=O)c1ccc2c(c1)CCC(=O)N2C. The fourth-order valence-electron chi connectivity index (χ4n) is 2.45. The normalized spacial score (nSPS) is 15.7. The molecule has 0 saturated heterocycles. The number of aryl methyl sites for hydroxylation is 1. The number of carboxylic acid groups (broad SMARTS) is 1. The van der Waals surface area contributed by atoms with Gasteiger partial charge in [0.2, 0.25) is 5.91 Å². The van der Waals surface area contributed by atoms with Crippen molar-refractivity contribution in [2.24, 2.45) is 5.92 Å². The summed E-state index contributed by atoms with van der Waals surface area (Å²) in [5.74, 6) is -1.63. The number of fused-ring (bicyclic) bond motifs is 1. The molecule has 0 spiro atoms. The van der Waals surface area contributed by atoms with Crippen LogP contribution in [0.3, 0.4) is 0 Å². The second kappa shape index (κ2) is 5.45. The number of carbonyl (C=O) groups is 3. The van der Waals surface area contributed by atoms with E-state index in [0.29, 0.717) is 18.4 Å². The number of amides is 1. The highest BCUT2D eigenvalue weighted by molar-refractivity contribution is 6.01. The van der Waals surface area contributed by atoms with E-state index >= 15 is 0 Å². The van der Waals surface area contributed by atoms with E-state index in [1.807, 2.05) is 0 Å². The molecule has 20 heavy (non-hydrogen) atoms. The third kappa shape index (κ3) is 2.71. The fraction of sp³-hybridized carbons (Fsp3) is 0.400. The molecule has 0 saturated carbocycles. The maximum atomic E-state index is 12.2. The van der Waals surface area contributed by atoms with Crippen molar-refractivity contribution in [1.82, 2.24) is 0 Å². The van der Waals surface area contributed by atoms with Gasteiger partial charge in [0.25, 0.3) is 0 Å². The lowest BCUT2D eigenvalue weighted by Crippen LogP contribution is -2.31. The molecule has 1 heterocycles. The minimum Gasteiger partial charge on any atom is -0.481 e. The zero-order valence-electron chi connectivity index (χ0n) is 11.5.